The van der Waals surface area contributed by atoms with E-state index < -0.39 is 30.3 Å². The van der Waals surface area contributed by atoms with E-state index in [1.165, 1.54) is 24.3 Å². The number of carbonyl (C=O) groups excluding carboxylic acids is 3. The normalized spacial score (nSPS) is 10.4. The van der Waals surface area contributed by atoms with Crippen LogP contribution in [0, 0.1) is 5.82 Å². The molecule has 0 saturated heterocycles. The molecule has 0 atom stereocenters. The third-order valence-electron chi connectivity index (χ3n) is 2.98. The van der Waals surface area contributed by atoms with Crippen molar-refractivity contribution in [1.29, 1.82) is 0 Å². The second kappa shape index (κ2) is 9.47. The van der Waals surface area contributed by atoms with Crippen molar-refractivity contribution in [3.63, 3.8) is 0 Å². The van der Waals surface area contributed by atoms with Crippen molar-refractivity contribution in [2.75, 3.05) is 11.9 Å². The van der Waals surface area contributed by atoms with Gasteiger partial charge in [0.1, 0.15) is 5.82 Å². The van der Waals surface area contributed by atoms with Crippen molar-refractivity contribution in [3.05, 3.63) is 70.5 Å². The Labute approximate surface area is 157 Å². The minimum atomic E-state index is -0.930. The summed E-state index contributed by atoms with van der Waals surface area (Å²) < 4.78 is 19.0. The zero-order chi connectivity index (χ0) is 18.9. The van der Waals surface area contributed by atoms with Crippen LogP contribution in [0.3, 0.4) is 0 Å². The number of carbonyl (C=O) groups is 3. The summed E-state index contributed by atoms with van der Waals surface area (Å²) in [6.07, 6.45) is 2.68. The molecule has 0 saturated carbocycles. The fourth-order valence-electron chi connectivity index (χ4n) is 1.84. The number of imide groups is 1. The van der Waals surface area contributed by atoms with Gasteiger partial charge in [0.15, 0.2) is 6.61 Å². The van der Waals surface area contributed by atoms with E-state index in [1.807, 2.05) is 11.4 Å². The van der Waals surface area contributed by atoms with Crippen molar-refractivity contribution in [2.24, 2.45) is 0 Å². The van der Waals surface area contributed by atoms with E-state index in [4.69, 9.17) is 4.74 Å². The number of ether oxygens (including phenoxy) is 1. The smallest absolute Gasteiger partial charge is 0.331 e. The average molecular weight is 421 g/mol. The molecule has 0 aliphatic rings. The van der Waals surface area contributed by atoms with Gasteiger partial charge in [0, 0.05) is 10.5 Å². The zero-order valence-corrected chi connectivity index (χ0v) is 15.0. The Balaban J connectivity index is 1.76. The number of hydrogen-bond acceptors (Lipinski definition) is 4. The number of rotatable bonds is 5. The van der Waals surface area contributed by atoms with Gasteiger partial charge in [0.05, 0.1) is 5.69 Å². The van der Waals surface area contributed by atoms with E-state index in [0.29, 0.717) is 0 Å². The largest absolute Gasteiger partial charge is 0.452 e. The predicted octanol–water partition coefficient (Wildman–Crippen LogP) is 3.49. The molecule has 26 heavy (non-hydrogen) atoms. The lowest BCUT2D eigenvalue weighted by Gasteiger charge is -2.07. The standard InChI is InChI=1S/C18H14BrFN2O4/c19-13-5-3-4-12(10-13)8-9-17(24)26-11-16(23)22-18(25)21-15-7-2-1-6-14(15)20/h1-10H,11H2,(H2,21,22,23,25)/b9-8+. The maximum Gasteiger partial charge on any atom is 0.331 e. The molecule has 0 aliphatic heterocycles. The SMILES string of the molecule is O=C(COC(=O)/C=C/c1cccc(Br)c1)NC(=O)Nc1ccccc1F. The first-order valence-electron chi connectivity index (χ1n) is 7.40. The first kappa shape index (κ1) is 19.3. The van der Waals surface area contributed by atoms with Gasteiger partial charge in [-0.05, 0) is 35.9 Å². The number of halogens is 2. The van der Waals surface area contributed by atoms with E-state index in [0.717, 1.165) is 22.2 Å². The van der Waals surface area contributed by atoms with Crippen molar-refractivity contribution in [2.45, 2.75) is 0 Å². The number of anilines is 1. The maximum absolute atomic E-state index is 13.4. The van der Waals surface area contributed by atoms with E-state index in [-0.39, 0.29) is 5.69 Å². The highest BCUT2D eigenvalue weighted by molar-refractivity contribution is 9.10. The molecular weight excluding hydrogens is 407 g/mol. The number of nitrogens with one attached hydrogen (secondary N) is 2. The summed E-state index contributed by atoms with van der Waals surface area (Å²) in [4.78, 5) is 34.7. The van der Waals surface area contributed by atoms with Crippen LogP contribution in [0.25, 0.3) is 6.08 Å². The first-order valence-corrected chi connectivity index (χ1v) is 8.19. The van der Waals surface area contributed by atoms with Crippen molar-refractivity contribution in [3.8, 4) is 0 Å². The van der Waals surface area contributed by atoms with Gasteiger partial charge >= 0.3 is 12.0 Å². The van der Waals surface area contributed by atoms with Crippen molar-refractivity contribution < 1.29 is 23.5 Å². The molecule has 8 heteroatoms. The van der Waals surface area contributed by atoms with Gasteiger partial charge in [-0.25, -0.2) is 14.0 Å². The van der Waals surface area contributed by atoms with Gasteiger partial charge in [-0.1, -0.05) is 40.2 Å². The molecule has 2 rings (SSSR count). The lowest BCUT2D eigenvalue weighted by atomic mass is 10.2. The zero-order valence-electron chi connectivity index (χ0n) is 13.4. The van der Waals surface area contributed by atoms with Gasteiger partial charge in [-0.2, -0.15) is 0 Å². The van der Waals surface area contributed by atoms with Crippen LogP contribution < -0.4 is 10.6 Å². The minimum absolute atomic E-state index is 0.0771. The molecular formula is C18H14BrFN2O4. The Morgan fingerprint density at radius 1 is 1.12 bits per heavy atom. The van der Waals surface area contributed by atoms with Crippen molar-refractivity contribution >= 4 is 45.6 Å². The molecule has 0 fully saturated rings. The van der Waals surface area contributed by atoms with E-state index in [9.17, 15) is 18.8 Å². The molecule has 2 aromatic carbocycles. The second-order valence-electron chi connectivity index (χ2n) is 4.98. The van der Waals surface area contributed by atoms with Gasteiger partial charge < -0.3 is 10.1 Å². The Hall–Kier alpha value is -3.00. The highest BCUT2D eigenvalue weighted by Crippen LogP contribution is 2.13. The maximum atomic E-state index is 13.4. The number of benzene rings is 2. The lowest BCUT2D eigenvalue weighted by Crippen LogP contribution is -2.37. The summed E-state index contributed by atoms with van der Waals surface area (Å²) >= 11 is 3.31. The fraction of sp³-hybridized carbons (Fsp3) is 0.0556. The summed E-state index contributed by atoms with van der Waals surface area (Å²) in [7, 11) is 0. The molecule has 0 spiro atoms. The Morgan fingerprint density at radius 3 is 2.62 bits per heavy atom. The Morgan fingerprint density at radius 2 is 1.88 bits per heavy atom. The molecule has 0 radical (unpaired) electrons. The van der Waals surface area contributed by atoms with Crippen molar-refractivity contribution in [1.82, 2.24) is 5.32 Å². The number of urea groups is 1. The summed E-state index contributed by atoms with van der Waals surface area (Å²) in [6.45, 7) is -0.646. The lowest BCUT2D eigenvalue weighted by molar-refractivity contribution is -0.143. The monoisotopic (exact) mass is 420 g/mol. The van der Waals surface area contributed by atoms with E-state index in [2.05, 4.69) is 21.2 Å². The number of hydrogen-bond donors (Lipinski definition) is 2. The van der Waals surface area contributed by atoms with Gasteiger partial charge in [-0.15, -0.1) is 0 Å². The third-order valence-corrected chi connectivity index (χ3v) is 3.47. The number of para-hydroxylation sites is 1. The second-order valence-corrected chi connectivity index (χ2v) is 5.89. The molecule has 6 nitrogen and oxygen atoms in total. The summed E-state index contributed by atoms with van der Waals surface area (Å²) in [5, 5.41) is 4.10. The number of esters is 1. The average Bonchev–Trinajstić information content (AvgIpc) is 2.60. The Kier molecular flexibility index (Phi) is 7.04. The minimum Gasteiger partial charge on any atom is -0.452 e. The van der Waals surface area contributed by atoms with Crippen LogP contribution in [0.4, 0.5) is 14.9 Å². The van der Waals surface area contributed by atoms with Crippen LogP contribution in [0.15, 0.2) is 59.1 Å². The molecule has 0 heterocycles. The summed E-state index contributed by atoms with van der Waals surface area (Å²) in [5.74, 6) is -2.23. The molecule has 134 valence electrons. The third kappa shape index (κ3) is 6.48. The topological polar surface area (TPSA) is 84.5 Å². The molecule has 0 unspecified atom stereocenters. The van der Waals surface area contributed by atoms with Crippen LogP contribution in [-0.4, -0.2) is 24.5 Å². The quantitative estimate of drug-likeness (QED) is 0.572. The van der Waals surface area contributed by atoms with E-state index >= 15 is 0 Å². The van der Waals surface area contributed by atoms with Gasteiger partial charge in [0.25, 0.3) is 5.91 Å². The van der Waals surface area contributed by atoms with Gasteiger partial charge in [-0.3, -0.25) is 10.1 Å². The molecule has 3 amide bonds. The molecule has 2 N–H and O–H groups in total. The predicted molar refractivity (Wildman–Crippen MR) is 97.7 cm³/mol. The summed E-state index contributed by atoms with van der Waals surface area (Å²) in [5.41, 5.74) is 0.691. The van der Waals surface area contributed by atoms with E-state index in [1.54, 1.807) is 18.2 Å². The highest BCUT2D eigenvalue weighted by Gasteiger charge is 2.11. The molecule has 2 aromatic rings. The molecule has 0 bridgehead atoms. The number of amides is 3. The molecule has 0 aliphatic carbocycles. The van der Waals surface area contributed by atoms with Crippen LogP contribution >= 0.6 is 15.9 Å². The Bertz CT molecular complexity index is 855. The highest BCUT2D eigenvalue weighted by atomic mass is 79.9. The first-order chi connectivity index (χ1) is 12.4. The van der Waals surface area contributed by atoms with Crippen LogP contribution in [-0.2, 0) is 14.3 Å². The van der Waals surface area contributed by atoms with Crippen LogP contribution in [0.2, 0.25) is 0 Å². The molecule has 0 aromatic heterocycles. The van der Waals surface area contributed by atoms with Crippen LogP contribution in [0.5, 0.6) is 0 Å². The van der Waals surface area contributed by atoms with Gasteiger partial charge in [0.2, 0.25) is 0 Å². The van der Waals surface area contributed by atoms with Crippen LogP contribution in [0.1, 0.15) is 5.56 Å². The fourth-order valence-corrected chi connectivity index (χ4v) is 2.26. The summed E-state index contributed by atoms with van der Waals surface area (Å²) in [6, 6.07) is 11.8.